The van der Waals surface area contributed by atoms with Crippen molar-refractivity contribution in [2.24, 2.45) is 0 Å². The van der Waals surface area contributed by atoms with Crippen molar-refractivity contribution in [3.05, 3.63) is 64.2 Å². The van der Waals surface area contributed by atoms with Crippen LogP contribution >= 0.6 is 0 Å². The first kappa shape index (κ1) is 23.1. The summed E-state index contributed by atoms with van der Waals surface area (Å²) < 4.78 is 21.6. The number of allylic oxidation sites excluding steroid dienone is 1. The van der Waals surface area contributed by atoms with Crippen LogP contribution in [0.4, 0.5) is 0 Å². The molecule has 0 spiro atoms. The highest BCUT2D eigenvalue weighted by molar-refractivity contribution is 6.42. The van der Waals surface area contributed by atoms with Gasteiger partial charge in [0, 0.05) is 55.7 Å². The number of rotatable bonds is 4. The van der Waals surface area contributed by atoms with E-state index < -0.39 is 41.7 Å². The average molecular weight is 464 g/mol. The van der Waals surface area contributed by atoms with E-state index in [-0.39, 0.29) is 39.3 Å². The maximum absolute atomic E-state index is 13.8. The van der Waals surface area contributed by atoms with Crippen molar-refractivity contribution in [1.29, 1.82) is 0 Å². The number of hydrogen-bond donors (Lipinski definition) is 0. The fraction of sp³-hybridized carbons (Fsp3) is 0.240. The van der Waals surface area contributed by atoms with Gasteiger partial charge in [-0.15, -0.1) is 0 Å². The molecular formula is C25H20O9. The number of Topliss-reactive ketones (excluding diaryl/α,β-unsaturated/α-hetero) is 2. The molecule has 0 saturated carbocycles. The molecule has 0 fully saturated rings. The highest BCUT2D eigenvalue weighted by atomic mass is 16.6. The van der Waals surface area contributed by atoms with Crippen molar-refractivity contribution in [3.63, 3.8) is 0 Å². The monoisotopic (exact) mass is 464 g/mol. The molecule has 2 atom stereocenters. The molecule has 2 aromatic rings. The third kappa shape index (κ3) is 3.69. The molecule has 34 heavy (non-hydrogen) atoms. The van der Waals surface area contributed by atoms with Crippen molar-refractivity contribution in [3.8, 4) is 11.5 Å². The minimum atomic E-state index is -1.14. The molecule has 0 aliphatic heterocycles. The number of esters is 3. The number of carbonyl (C=O) groups excluding carboxylic acids is 5. The van der Waals surface area contributed by atoms with E-state index in [1.165, 1.54) is 52.1 Å². The van der Waals surface area contributed by atoms with Crippen LogP contribution in [0, 0.1) is 0 Å². The Kier molecular flexibility index (Phi) is 5.89. The fourth-order valence-electron chi connectivity index (χ4n) is 4.37. The van der Waals surface area contributed by atoms with Gasteiger partial charge in [0.05, 0.1) is 5.56 Å². The summed E-state index contributed by atoms with van der Waals surface area (Å²) in [6, 6.07) is 9.00. The van der Waals surface area contributed by atoms with E-state index in [4.69, 9.17) is 18.9 Å². The lowest BCUT2D eigenvalue weighted by atomic mass is 9.72. The zero-order valence-electron chi connectivity index (χ0n) is 18.8. The molecule has 0 radical (unpaired) electrons. The summed E-state index contributed by atoms with van der Waals surface area (Å²) in [6.07, 6.45) is -2.25. The van der Waals surface area contributed by atoms with Gasteiger partial charge < -0.3 is 18.9 Å². The van der Waals surface area contributed by atoms with E-state index in [0.717, 1.165) is 0 Å². The third-order valence-electron chi connectivity index (χ3n) is 5.47. The topological polar surface area (TPSA) is 122 Å². The second-order valence-electron chi connectivity index (χ2n) is 7.72. The van der Waals surface area contributed by atoms with Gasteiger partial charge in [0.1, 0.15) is 17.6 Å². The number of ether oxygens (including phenoxy) is 4. The van der Waals surface area contributed by atoms with Gasteiger partial charge in [-0.2, -0.15) is 0 Å². The number of fused-ring (bicyclic) bond motifs is 3. The molecule has 0 N–H and O–H groups in total. The van der Waals surface area contributed by atoms with Gasteiger partial charge >= 0.3 is 17.9 Å². The summed E-state index contributed by atoms with van der Waals surface area (Å²) in [7, 11) is 1.32. The van der Waals surface area contributed by atoms with Crippen molar-refractivity contribution in [1.82, 2.24) is 0 Å². The first-order valence-electron chi connectivity index (χ1n) is 10.3. The second kappa shape index (κ2) is 8.68. The van der Waals surface area contributed by atoms with Crippen molar-refractivity contribution in [2.45, 2.75) is 33.0 Å². The zero-order valence-corrected chi connectivity index (χ0v) is 18.8. The lowest BCUT2D eigenvalue weighted by Gasteiger charge is -2.37. The van der Waals surface area contributed by atoms with Crippen LogP contribution in [0.5, 0.6) is 11.5 Å². The van der Waals surface area contributed by atoms with Crippen LogP contribution in [0.25, 0.3) is 5.57 Å². The SMILES string of the molecule is CO[C@@H]1C2=C(C(=O)c3cccc(OC(C)=O)c3C2=O)c2c(OC(C)=O)cccc2[C@H]1OC(C)=O. The lowest BCUT2D eigenvalue weighted by molar-refractivity contribution is -0.152. The molecule has 4 rings (SSSR count). The zero-order chi connectivity index (χ0) is 24.7. The van der Waals surface area contributed by atoms with Gasteiger partial charge in [0.2, 0.25) is 0 Å². The summed E-state index contributed by atoms with van der Waals surface area (Å²) in [4.78, 5) is 62.9. The van der Waals surface area contributed by atoms with Gasteiger partial charge in [0.25, 0.3) is 0 Å². The average Bonchev–Trinajstić information content (AvgIpc) is 2.76. The molecule has 2 aliphatic rings. The van der Waals surface area contributed by atoms with Gasteiger partial charge in [-0.1, -0.05) is 24.3 Å². The van der Waals surface area contributed by atoms with E-state index >= 15 is 0 Å². The summed E-state index contributed by atoms with van der Waals surface area (Å²) in [6.45, 7) is 3.58. The van der Waals surface area contributed by atoms with Crippen LogP contribution in [-0.4, -0.2) is 42.7 Å². The Hall–Kier alpha value is -4.11. The minimum Gasteiger partial charge on any atom is -0.454 e. The van der Waals surface area contributed by atoms with Crippen LogP contribution in [0.2, 0.25) is 0 Å². The third-order valence-corrected chi connectivity index (χ3v) is 5.47. The Bertz CT molecular complexity index is 1300. The predicted molar refractivity (Wildman–Crippen MR) is 116 cm³/mol. The summed E-state index contributed by atoms with van der Waals surface area (Å²) in [5, 5.41) is 0. The Morgan fingerprint density at radius 3 is 1.88 bits per heavy atom. The first-order chi connectivity index (χ1) is 16.1. The normalized spacial score (nSPS) is 18.5. The van der Waals surface area contributed by atoms with Crippen molar-refractivity contribution >= 4 is 35.0 Å². The van der Waals surface area contributed by atoms with Crippen LogP contribution in [0.1, 0.15) is 58.7 Å². The maximum atomic E-state index is 13.8. The van der Waals surface area contributed by atoms with E-state index in [1.807, 2.05) is 0 Å². The number of ketones is 2. The van der Waals surface area contributed by atoms with E-state index in [1.54, 1.807) is 12.1 Å². The van der Waals surface area contributed by atoms with Crippen LogP contribution in [0.3, 0.4) is 0 Å². The van der Waals surface area contributed by atoms with E-state index in [0.29, 0.717) is 5.56 Å². The molecule has 9 nitrogen and oxygen atoms in total. The van der Waals surface area contributed by atoms with Crippen molar-refractivity contribution < 1.29 is 42.9 Å². The van der Waals surface area contributed by atoms with Gasteiger partial charge in [-0.05, 0) is 12.1 Å². The highest BCUT2D eigenvalue weighted by Gasteiger charge is 2.48. The molecule has 0 aromatic heterocycles. The summed E-state index contributed by atoms with van der Waals surface area (Å²) in [5.74, 6) is -3.17. The Labute approximate surface area is 194 Å². The maximum Gasteiger partial charge on any atom is 0.308 e. The minimum absolute atomic E-state index is 0.0202. The molecule has 0 heterocycles. The molecule has 0 bridgehead atoms. The predicted octanol–water partition coefficient (Wildman–Crippen LogP) is 3.00. The van der Waals surface area contributed by atoms with Gasteiger partial charge in [-0.25, -0.2) is 0 Å². The second-order valence-corrected chi connectivity index (χ2v) is 7.72. The molecule has 2 aromatic carbocycles. The smallest absolute Gasteiger partial charge is 0.308 e. The van der Waals surface area contributed by atoms with E-state index in [9.17, 15) is 24.0 Å². The standard InChI is InChI=1S/C25H20O9/c1-11(26)32-16-9-6-8-15-18(16)20-21(25(31-4)24(15)34-13(3)28)23(30)19-14(22(20)29)7-5-10-17(19)33-12(2)27/h5-10,24-25H,1-4H3/t24-,25-/m1/s1. The Morgan fingerprint density at radius 1 is 0.735 bits per heavy atom. The first-order valence-corrected chi connectivity index (χ1v) is 10.3. The van der Waals surface area contributed by atoms with Crippen molar-refractivity contribution in [2.75, 3.05) is 7.11 Å². The Balaban J connectivity index is 2.05. The molecule has 0 unspecified atom stereocenters. The van der Waals surface area contributed by atoms with Crippen LogP contribution < -0.4 is 9.47 Å². The number of carbonyl (C=O) groups is 5. The molecular weight excluding hydrogens is 444 g/mol. The van der Waals surface area contributed by atoms with E-state index in [2.05, 4.69) is 0 Å². The fourth-order valence-corrected chi connectivity index (χ4v) is 4.37. The lowest BCUT2D eigenvalue weighted by Crippen LogP contribution is -2.39. The Morgan fingerprint density at radius 2 is 1.32 bits per heavy atom. The number of methoxy groups -OCH3 is 1. The molecule has 174 valence electrons. The molecule has 0 amide bonds. The highest BCUT2D eigenvalue weighted by Crippen LogP contribution is 2.50. The van der Waals surface area contributed by atoms with Crippen LogP contribution in [-0.2, 0) is 23.9 Å². The summed E-state index contributed by atoms with van der Waals surface area (Å²) >= 11 is 0. The van der Waals surface area contributed by atoms with Gasteiger partial charge in [0.15, 0.2) is 17.7 Å². The summed E-state index contributed by atoms with van der Waals surface area (Å²) in [5.41, 5.74) is 0.317. The van der Waals surface area contributed by atoms with Crippen LogP contribution in [0.15, 0.2) is 42.0 Å². The molecule has 0 saturated heterocycles. The molecule has 9 heteroatoms. The molecule has 2 aliphatic carbocycles. The number of benzene rings is 2. The largest absolute Gasteiger partial charge is 0.454 e. The number of hydrogen-bond acceptors (Lipinski definition) is 9. The van der Waals surface area contributed by atoms with Gasteiger partial charge in [-0.3, -0.25) is 24.0 Å². The quantitative estimate of drug-likeness (QED) is 0.496.